The van der Waals surface area contributed by atoms with E-state index in [2.05, 4.69) is 80.7 Å². The summed E-state index contributed by atoms with van der Waals surface area (Å²) in [5.74, 6) is 0. The highest BCUT2D eigenvalue weighted by molar-refractivity contribution is 5.38. The van der Waals surface area contributed by atoms with Gasteiger partial charge < -0.3 is 9.88 Å². The van der Waals surface area contributed by atoms with Gasteiger partial charge in [0.05, 0.1) is 12.0 Å². The van der Waals surface area contributed by atoms with Gasteiger partial charge in [0.1, 0.15) is 0 Å². The van der Waals surface area contributed by atoms with Crippen molar-refractivity contribution in [2.24, 2.45) is 0 Å². The zero-order chi connectivity index (χ0) is 15.7. The second-order valence-corrected chi connectivity index (χ2v) is 7.66. The standard InChI is InChI=1S/C18H27N3/c1-17(2,3)14-7-9-15(10-8-14)21-13-19-11-16(21)12-20-18(4,5)6/h7-11,13,20H,12H2,1-6H3. The number of hydrogen-bond donors (Lipinski definition) is 1. The minimum atomic E-state index is 0.102. The van der Waals surface area contributed by atoms with Gasteiger partial charge in [0, 0.05) is 24.0 Å². The summed E-state index contributed by atoms with van der Waals surface area (Å²) in [4.78, 5) is 4.29. The molecule has 0 spiro atoms. The van der Waals surface area contributed by atoms with Crippen LogP contribution in [-0.2, 0) is 12.0 Å². The van der Waals surface area contributed by atoms with E-state index in [-0.39, 0.29) is 11.0 Å². The van der Waals surface area contributed by atoms with E-state index in [9.17, 15) is 0 Å². The molecule has 0 amide bonds. The van der Waals surface area contributed by atoms with E-state index in [1.54, 1.807) is 0 Å². The quantitative estimate of drug-likeness (QED) is 0.921. The summed E-state index contributed by atoms with van der Waals surface area (Å²) in [6.07, 6.45) is 3.81. The number of nitrogens with zero attached hydrogens (tertiary/aromatic N) is 2. The van der Waals surface area contributed by atoms with Crippen LogP contribution in [0.3, 0.4) is 0 Å². The van der Waals surface area contributed by atoms with Gasteiger partial charge in [-0.3, -0.25) is 0 Å². The first-order valence-electron chi connectivity index (χ1n) is 7.54. The molecule has 114 valence electrons. The summed E-state index contributed by atoms with van der Waals surface area (Å²) in [7, 11) is 0. The van der Waals surface area contributed by atoms with Crippen LogP contribution in [0.2, 0.25) is 0 Å². The summed E-state index contributed by atoms with van der Waals surface area (Å²) in [6.45, 7) is 14.0. The van der Waals surface area contributed by atoms with Crippen molar-refractivity contribution < 1.29 is 0 Å². The fraction of sp³-hybridized carbons (Fsp3) is 0.500. The van der Waals surface area contributed by atoms with Gasteiger partial charge in [0.15, 0.2) is 0 Å². The van der Waals surface area contributed by atoms with Crippen molar-refractivity contribution in [2.45, 2.75) is 59.0 Å². The Morgan fingerprint density at radius 1 is 1.00 bits per heavy atom. The van der Waals surface area contributed by atoms with Crippen LogP contribution in [0.15, 0.2) is 36.8 Å². The first-order valence-corrected chi connectivity index (χ1v) is 7.54. The Morgan fingerprint density at radius 2 is 1.62 bits per heavy atom. The lowest BCUT2D eigenvalue weighted by Gasteiger charge is -2.21. The summed E-state index contributed by atoms with van der Waals surface area (Å²) in [6, 6.07) is 8.75. The molecule has 0 saturated carbocycles. The van der Waals surface area contributed by atoms with Crippen LogP contribution in [-0.4, -0.2) is 15.1 Å². The van der Waals surface area contributed by atoms with E-state index < -0.39 is 0 Å². The molecule has 0 saturated heterocycles. The summed E-state index contributed by atoms with van der Waals surface area (Å²) < 4.78 is 2.14. The van der Waals surface area contributed by atoms with Crippen LogP contribution in [0.1, 0.15) is 52.8 Å². The van der Waals surface area contributed by atoms with Crippen LogP contribution in [0.5, 0.6) is 0 Å². The Labute approximate surface area is 128 Å². The van der Waals surface area contributed by atoms with Crippen molar-refractivity contribution >= 4 is 0 Å². The van der Waals surface area contributed by atoms with E-state index in [0.29, 0.717) is 0 Å². The second kappa shape index (κ2) is 5.64. The molecule has 0 aliphatic heterocycles. The zero-order valence-corrected chi connectivity index (χ0v) is 14.1. The largest absolute Gasteiger partial charge is 0.306 e. The Morgan fingerprint density at radius 3 is 2.14 bits per heavy atom. The number of aromatic nitrogens is 2. The summed E-state index contributed by atoms with van der Waals surface area (Å²) >= 11 is 0. The normalized spacial score (nSPS) is 12.7. The molecule has 21 heavy (non-hydrogen) atoms. The first kappa shape index (κ1) is 15.8. The molecule has 3 nitrogen and oxygen atoms in total. The Kier molecular flexibility index (Phi) is 4.24. The predicted octanol–water partition coefficient (Wildman–Crippen LogP) is 4.06. The molecule has 1 aromatic heterocycles. The predicted molar refractivity (Wildman–Crippen MR) is 88.9 cm³/mol. The lowest BCUT2D eigenvalue weighted by Crippen LogP contribution is -2.35. The molecule has 1 aromatic carbocycles. The maximum Gasteiger partial charge on any atom is 0.0994 e. The molecule has 0 bridgehead atoms. The van der Waals surface area contributed by atoms with Crippen molar-refractivity contribution in [3.05, 3.63) is 48.0 Å². The molecule has 0 unspecified atom stereocenters. The highest BCUT2D eigenvalue weighted by Gasteiger charge is 2.14. The second-order valence-electron chi connectivity index (χ2n) is 7.66. The molecular formula is C18H27N3. The topological polar surface area (TPSA) is 29.9 Å². The van der Waals surface area contributed by atoms with Crippen LogP contribution in [0, 0.1) is 0 Å². The van der Waals surface area contributed by atoms with Crippen molar-refractivity contribution in [3.8, 4) is 5.69 Å². The molecule has 0 radical (unpaired) electrons. The molecule has 3 heteroatoms. The van der Waals surface area contributed by atoms with Crippen molar-refractivity contribution in [1.82, 2.24) is 14.9 Å². The van der Waals surface area contributed by atoms with E-state index in [1.165, 1.54) is 11.3 Å². The molecule has 0 aliphatic carbocycles. The third-order valence-corrected chi connectivity index (χ3v) is 3.53. The Balaban J connectivity index is 2.21. The van der Waals surface area contributed by atoms with Crippen molar-refractivity contribution in [3.63, 3.8) is 0 Å². The molecule has 0 fully saturated rings. The number of nitrogens with one attached hydrogen (secondary N) is 1. The summed E-state index contributed by atoms with van der Waals surface area (Å²) in [5, 5.41) is 3.51. The van der Waals surface area contributed by atoms with E-state index in [1.807, 2.05) is 12.5 Å². The lowest BCUT2D eigenvalue weighted by atomic mass is 9.87. The van der Waals surface area contributed by atoms with Crippen LogP contribution in [0.4, 0.5) is 0 Å². The third kappa shape index (κ3) is 4.18. The molecule has 0 aliphatic rings. The van der Waals surface area contributed by atoms with E-state index in [0.717, 1.165) is 12.2 Å². The van der Waals surface area contributed by atoms with Crippen LogP contribution >= 0.6 is 0 Å². The van der Waals surface area contributed by atoms with Gasteiger partial charge in [0.2, 0.25) is 0 Å². The number of benzene rings is 1. The molecule has 1 heterocycles. The molecule has 2 rings (SSSR count). The molecular weight excluding hydrogens is 258 g/mol. The average Bonchev–Trinajstić information content (AvgIpc) is 2.83. The Bertz CT molecular complexity index is 580. The van der Waals surface area contributed by atoms with E-state index in [4.69, 9.17) is 0 Å². The van der Waals surface area contributed by atoms with Gasteiger partial charge in [-0.1, -0.05) is 32.9 Å². The van der Waals surface area contributed by atoms with Crippen molar-refractivity contribution in [1.29, 1.82) is 0 Å². The van der Waals surface area contributed by atoms with Crippen LogP contribution in [0.25, 0.3) is 5.69 Å². The van der Waals surface area contributed by atoms with Gasteiger partial charge in [-0.15, -0.1) is 0 Å². The first-order chi connectivity index (χ1) is 9.67. The monoisotopic (exact) mass is 285 g/mol. The smallest absolute Gasteiger partial charge is 0.0994 e. The van der Waals surface area contributed by atoms with Crippen LogP contribution < -0.4 is 5.32 Å². The van der Waals surface area contributed by atoms with Gasteiger partial charge in [-0.05, 0) is 43.9 Å². The lowest BCUT2D eigenvalue weighted by molar-refractivity contribution is 0.419. The van der Waals surface area contributed by atoms with Gasteiger partial charge in [-0.25, -0.2) is 4.98 Å². The maximum absolute atomic E-state index is 4.29. The van der Waals surface area contributed by atoms with Gasteiger partial charge in [0.25, 0.3) is 0 Å². The highest BCUT2D eigenvalue weighted by atomic mass is 15.1. The SMILES string of the molecule is CC(C)(C)NCc1cncn1-c1ccc(C(C)(C)C)cc1. The fourth-order valence-corrected chi connectivity index (χ4v) is 2.16. The zero-order valence-electron chi connectivity index (χ0n) is 14.1. The molecule has 0 atom stereocenters. The van der Waals surface area contributed by atoms with Crippen molar-refractivity contribution in [2.75, 3.05) is 0 Å². The molecule has 2 aromatic rings. The van der Waals surface area contributed by atoms with E-state index >= 15 is 0 Å². The number of imidazole rings is 1. The minimum Gasteiger partial charge on any atom is -0.306 e. The third-order valence-electron chi connectivity index (χ3n) is 3.53. The Hall–Kier alpha value is -1.61. The average molecular weight is 285 g/mol. The number of rotatable bonds is 3. The van der Waals surface area contributed by atoms with Gasteiger partial charge in [-0.2, -0.15) is 0 Å². The van der Waals surface area contributed by atoms with Gasteiger partial charge >= 0.3 is 0 Å². The highest BCUT2D eigenvalue weighted by Crippen LogP contribution is 2.23. The minimum absolute atomic E-state index is 0.102. The fourth-order valence-electron chi connectivity index (χ4n) is 2.16. The molecule has 1 N–H and O–H groups in total. The maximum atomic E-state index is 4.29. The summed E-state index contributed by atoms with van der Waals surface area (Å²) in [5.41, 5.74) is 3.97. The number of hydrogen-bond acceptors (Lipinski definition) is 2.